The lowest BCUT2D eigenvalue weighted by Crippen LogP contribution is -2.28. The van der Waals surface area contributed by atoms with Gasteiger partial charge < -0.3 is 15.5 Å². The van der Waals surface area contributed by atoms with Crippen LogP contribution in [0, 0.1) is 6.92 Å². The molecular formula is C18H22BrN3O. The second-order valence-electron chi connectivity index (χ2n) is 5.83. The van der Waals surface area contributed by atoms with Crippen LogP contribution in [0.25, 0.3) is 0 Å². The van der Waals surface area contributed by atoms with Crippen LogP contribution in [0.15, 0.2) is 46.9 Å². The molecule has 2 amide bonds. The van der Waals surface area contributed by atoms with Crippen LogP contribution >= 0.6 is 15.9 Å². The third-order valence-corrected chi connectivity index (χ3v) is 4.25. The molecule has 0 aliphatic rings. The highest BCUT2D eigenvalue weighted by molar-refractivity contribution is 9.10. The summed E-state index contributed by atoms with van der Waals surface area (Å²) in [6.07, 6.45) is 0. The van der Waals surface area contributed by atoms with Crippen molar-refractivity contribution in [3.05, 3.63) is 63.6 Å². The van der Waals surface area contributed by atoms with Crippen molar-refractivity contribution in [3.8, 4) is 0 Å². The Balaban J connectivity index is 1.90. The van der Waals surface area contributed by atoms with Gasteiger partial charge in [0.25, 0.3) is 0 Å². The third kappa shape index (κ3) is 5.69. The fourth-order valence-corrected chi connectivity index (χ4v) is 2.53. The summed E-state index contributed by atoms with van der Waals surface area (Å²) in [7, 11) is 4.08. The topological polar surface area (TPSA) is 44.4 Å². The van der Waals surface area contributed by atoms with E-state index in [-0.39, 0.29) is 6.03 Å². The number of hydrogen-bond acceptors (Lipinski definition) is 2. The van der Waals surface area contributed by atoms with Crippen LogP contribution in [-0.2, 0) is 13.1 Å². The molecular weight excluding hydrogens is 354 g/mol. The van der Waals surface area contributed by atoms with E-state index in [1.54, 1.807) is 0 Å². The first-order valence-corrected chi connectivity index (χ1v) is 8.27. The number of nitrogens with one attached hydrogen (secondary N) is 2. The van der Waals surface area contributed by atoms with E-state index in [0.717, 1.165) is 27.8 Å². The van der Waals surface area contributed by atoms with Gasteiger partial charge in [-0.1, -0.05) is 40.2 Å². The van der Waals surface area contributed by atoms with Gasteiger partial charge in [0.05, 0.1) is 0 Å². The maximum Gasteiger partial charge on any atom is 0.319 e. The average Bonchev–Trinajstić information content (AvgIpc) is 2.49. The third-order valence-electron chi connectivity index (χ3n) is 3.36. The molecule has 0 saturated carbocycles. The summed E-state index contributed by atoms with van der Waals surface area (Å²) in [4.78, 5) is 14.1. The van der Waals surface area contributed by atoms with Gasteiger partial charge >= 0.3 is 6.03 Å². The molecule has 0 radical (unpaired) electrons. The van der Waals surface area contributed by atoms with Gasteiger partial charge in [-0.05, 0) is 55.9 Å². The van der Waals surface area contributed by atoms with E-state index < -0.39 is 0 Å². The number of anilines is 1. The second-order valence-corrected chi connectivity index (χ2v) is 6.68. The molecule has 0 aliphatic heterocycles. The molecule has 5 heteroatoms. The number of amides is 2. The molecule has 23 heavy (non-hydrogen) atoms. The maximum absolute atomic E-state index is 12.0. The summed E-state index contributed by atoms with van der Waals surface area (Å²) in [6.45, 7) is 3.38. The predicted molar refractivity (Wildman–Crippen MR) is 98.6 cm³/mol. The summed E-state index contributed by atoms with van der Waals surface area (Å²) in [5.74, 6) is 0. The molecule has 2 aromatic rings. The van der Waals surface area contributed by atoms with Gasteiger partial charge in [-0.25, -0.2) is 4.79 Å². The molecule has 0 aromatic heterocycles. The minimum atomic E-state index is -0.204. The van der Waals surface area contributed by atoms with Gasteiger partial charge in [-0.2, -0.15) is 0 Å². The van der Waals surface area contributed by atoms with Crippen molar-refractivity contribution in [2.45, 2.75) is 20.0 Å². The van der Waals surface area contributed by atoms with Crippen LogP contribution in [0.1, 0.15) is 16.7 Å². The number of hydrogen-bond donors (Lipinski definition) is 2. The van der Waals surface area contributed by atoms with Crippen LogP contribution in [-0.4, -0.2) is 25.0 Å². The zero-order chi connectivity index (χ0) is 16.8. The SMILES string of the molecule is Cc1cc(NC(=O)NCc2cccc(CN(C)C)c2)ccc1Br. The van der Waals surface area contributed by atoms with Crippen LogP contribution in [0.3, 0.4) is 0 Å². The molecule has 0 heterocycles. The van der Waals surface area contributed by atoms with Crippen molar-refractivity contribution >= 4 is 27.6 Å². The number of rotatable bonds is 5. The lowest BCUT2D eigenvalue weighted by Gasteiger charge is -2.12. The van der Waals surface area contributed by atoms with Crippen LogP contribution < -0.4 is 10.6 Å². The molecule has 2 N–H and O–H groups in total. The minimum Gasteiger partial charge on any atom is -0.334 e. The maximum atomic E-state index is 12.0. The summed E-state index contributed by atoms with van der Waals surface area (Å²) in [5, 5.41) is 5.73. The molecule has 0 aliphatic carbocycles. The number of benzene rings is 2. The van der Waals surface area contributed by atoms with Gasteiger partial charge in [-0.15, -0.1) is 0 Å². The molecule has 0 fully saturated rings. The highest BCUT2D eigenvalue weighted by Crippen LogP contribution is 2.19. The molecule has 4 nitrogen and oxygen atoms in total. The van der Waals surface area contributed by atoms with Gasteiger partial charge in [0.2, 0.25) is 0 Å². The Kier molecular flexibility index (Phi) is 6.19. The predicted octanol–water partition coefficient (Wildman–Crippen LogP) is 4.14. The molecule has 0 atom stereocenters. The van der Waals surface area contributed by atoms with E-state index >= 15 is 0 Å². The van der Waals surface area contributed by atoms with Gasteiger partial charge in [-0.3, -0.25) is 0 Å². The Morgan fingerprint density at radius 1 is 1.13 bits per heavy atom. The Morgan fingerprint density at radius 3 is 2.57 bits per heavy atom. The summed E-state index contributed by atoms with van der Waals surface area (Å²) in [5.41, 5.74) is 4.19. The molecule has 0 unspecified atom stereocenters. The first-order chi connectivity index (χ1) is 10.9. The van der Waals surface area contributed by atoms with Crippen LogP contribution in [0.4, 0.5) is 10.5 Å². The zero-order valence-corrected chi connectivity index (χ0v) is 15.3. The molecule has 2 aromatic carbocycles. The number of carbonyl (C=O) groups is 1. The minimum absolute atomic E-state index is 0.204. The first kappa shape index (κ1) is 17.5. The Bertz CT molecular complexity index is 686. The molecule has 2 rings (SSSR count). The summed E-state index contributed by atoms with van der Waals surface area (Å²) in [6, 6.07) is 13.8. The number of urea groups is 1. The van der Waals surface area contributed by atoms with E-state index in [0.29, 0.717) is 6.54 Å². The fourth-order valence-electron chi connectivity index (χ4n) is 2.28. The highest BCUT2D eigenvalue weighted by atomic mass is 79.9. The smallest absolute Gasteiger partial charge is 0.319 e. The van der Waals surface area contributed by atoms with Crippen LogP contribution in [0.5, 0.6) is 0 Å². The van der Waals surface area contributed by atoms with Crippen molar-refractivity contribution in [1.29, 1.82) is 0 Å². The normalized spacial score (nSPS) is 10.7. The van der Waals surface area contributed by atoms with Gasteiger partial charge in [0, 0.05) is 23.2 Å². The number of halogens is 1. The monoisotopic (exact) mass is 375 g/mol. The van der Waals surface area contributed by atoms with Crippen LogP contribution in [0.2, 0.25) is 0 Å². The second kappa shape index (κ2) is 8.13. The van der Waals surface area contributed by atoms with Crippen molar-refractivity contribution in [3.63, 3.8) is 0 Å². The Hall–Kier alpha value is -1.85. The van der Waals surface area contributed by atoms with Gasteiger partial charge in [0.15, 0.2) is 0 Å². The van der Waals surface area contributed by atoms with Crippen molar-refractivity contribution in [2.75, 3.05) is 19.4 Å². The highest BCUT2D eigenvalue weighted by Gasteiger charge is 2.04. The lowest BCUT2D eigenvalue weighted by atomic mass is 10.1. The lowest BCUT2D eigenvalue weighted by molar-refractivity contribution is 0.251. The van der Waals surface area contributed by atoms with Crippen molar-refractivity contribution in [2.24, 2.45) is 0 Å². The van der Waals surface area contributed by atoms with Crippen molar-refractivity contribution < 1.29 is 4.79 Å². The largest absolute Gasteiger partial charge is 0.334 e. The Labute approximate surface area is 146 Å². The van der Waals surface area contributed by atoms with E-state index in [4.69, 9.17) is 0 Å². The summed E-state index contributed by atoms with van der Waals surface area (Å²) < 4.78 is 1.03. The van der Waals surface area contributed by atoms with E-state index in [1.165, 1.54) is 5.56 Å². The van der Waals surface area contributed by atoms with Crippen molar-refractivity contribution in [1.82, 2.24) is 10.2 Å². The van der Waals surface area contributed by atoms with E-state index in [2.05, 4.69) is 43.6 Å². The van der Waals surface area contributed by atoms with E-state index in [9.17, 15) is 4.79 Å². The Morgan fingerprint density at radius 2 is 1.87 bits per heavy atom. The molecule has 0 bridgehead atoms. The summed E-state index contributed by atoms with van der Waals surface area (Å²) >= 11 is 3.45. The number of carbonyl (C=O) groups excluding carboxylic acids is 1. The molecule has 0 spiro atoms. The number of nitrogens with zero attached hydrogens (tertiary/aromatic N) is 1. The molecule has 122 valence electrons. The zero-order valence-electron chi connectivity index (χ0n) is 13.7. The first-order valence-electron chi connectivity index (χ1n) is 7.47. The fraction of sp³-hybridized carbons (Fsp3) is 0.278. The quantitative estimate of drug-likeness (QED) is 0.824. The average molecular weight is 376 g/mol. The number of aryl methyl sites for hydroxylation is 1. The molecule has 0 saturated heterocycles. The van der Waals surface area contributed by atoms with E-state index in [1.807, 2.05) is 51.4 Å². The standard InChI is InChI=1S/C18H22BrN3O/c1-13-9-16(7-8-17(13)19)21-18(23)20-11-14-5-4-6-15(10-14)12-22(2)3/h4-10H,11-12H2,1-3H3,(H2,20,21,23). The van der Waals surface area contributed by atoms with Gasteiger partial charge in [0.1, 0.15) is 0 Å².